The molecule has 1 aromatic carbocycles. The van der Waals surface area contributed by atoms with Gasteiger partial charge in [-0.25, -0.2) is 9.18 Å². The van der Waals surface area contributed by atoms with Gasteiger partial charge in [0.2, 0.25) is 0 Å². The molecule has 1 unspecified atom stereocenters. The predicted molar refractivity (Wildman–Crippen MR) is 60.8 cm³/mol. The molecule has 16 heavy (non-hydrogen) atoms. The second-order valence-corrected chi connectivity index (χ2v) is 3.74. The Bertz CT molecular complexity index is 337. The zero-order valence-corrected chi connectivity index (χ0v) is 9.50. The summed E-state index contributed by atoms with van der Waals surface area (Å²) in [5.74, 6) is 0.0116. The summed E-state index contributed by atoms with van der Waals surface area (Å²) < 4.78 is 17.6. The molecule has 0 fully saturated rings. The van der Waals surface area contributed by atoms with E-state index in [1.807, 2.05) is 13.8 Å². The van der Waals surface area contributed by atoms with Gasteiger partial charge < -0.3 is 4.74 Å². The smallest absolute Gasteiger partial charge is 0.411 e. The van der Waals surface area contributed by atoms with Gasteiger partial charge in [0.25, 0.3) is 0 Å². The van der Waals surface area contributed by atoms with Crippen LogP contribution in [0.5, 0.6) is 0 Å². The van der Waals surface area contributed by atoms with E-state index in [9.17, 15) is 9.18 Å². The van der Waals surface area contributed by atoms with E-state index >= 15 is 0 Å². The molecule has 1 rings (SSSR count). The molecule has 1 atom stereocenters. The highest BCUT2D eigenvalue weighted by Gasteiger charge is 2.05. The Balaban J connectivity index is 2.37. The second kappa shape index (κ2) is 6.10. The maximum Gasteiger partial charge on any atom is 0.411 e. The summed E-state index contributed by atoms with van der Waals surface area (Å²) in [5, 5.41) is 2.52. The Morgan fingerprint density at radius 2 is 2.06 bits per heavy atom. The monoisotopic (exact) mass is 225 g/mol. The SMILES string of the molecule is CCC(C)COC(=O)Nc1ccc(F)cc1. The van der Waals surface area contributed by atoms with E-state index in [0.29, 0.717) is 18.2 Å². The number of ether oxygens (including phenoxy) is 1. The van der Waals surface area contributed by atoms with E-state index in [4.69, 9.17) is 4.74 Å². The lowest BCUT2D eigenvalue weighted by Gasteiger charge is -2.10. The summed E-state index contributed by atoms with van der Waals surface area (Å²) in [6.45, 7) is 4.43. The van der Waals surface area contributed by atoms with Crippen LogP contribution < -0.4 is 5.32 Å². The number of hydrogen-bond donors (Lipinski definition) is 1. The fourth-order valence-electron chi connectivity index (χ4n) is 1.02. The predicted octanol–water partition coefficient (Wildman–Crippen LogP) is 3.42. The van der Waals surface area contributed by atoms with Crippen LogP contribution in [0, 0.1) is 11.7 Å². The molecule has 0 aliphatic carbocycles. The number of amides is 1. The molecule has 0 spiro atoms. The summed E-state index contributed by atoms with van der Waals surface area (Å²) in [5.41, 5.74) is 0.524. The third-order valence-corrected chi connectivity index (χ3v) is 2.29. The average molecular weight is 225 g/mol. The number of carbonyl (C=O) groups excluding carboxylic acids is 1. The summed E-state index contributed by atoms with van der Waals surface area (Å²) >= 11 is 0. The van der Waals surface area contributed by atoms with Crippen LogP contribution in [-0.4, -0.2) is 12.7 Å². The van der Waals surface area contributed by atoms with Gasteiger partial charge in [0.15, 0.2) is 0 Å². The summed E-state index contributed by atoms with van der Waals surface area (Å²) in [7, 11) is 0. The van der Waals surface area contributed by atoms with Gasteiger partial charge in [-0.15, -0.1) is 0 Å². The van der Waals surface area contributed by atoms with Crippen LogP contribution in [0.15, 0.2) is 24.3 Å². The number of rotatable bonds is 4. The minimum absolute atomic E-state index is 0.335. The molecule has 0 radical (unpaired) electrons. The zero-order chi connectivity index (χ0) is 12.0. The molecule has 1 aromatic rings. The molecule has 4 heteroatoms. The van der Waals surface area contributed by atoms with Crippen LogP contribution in [0.2, 0.25) is 0 Å². The van der Waals surface area contributed by atoms with Crippen molar-refractivity contribution >= 4 is 11.8 Å². The molecule has 0 aliphatic heterocycles. The topological polar surface area (TPSA) is 38.3 Å². The summed E-state index contributed by atoms with van der Waals surface area (Å²) in [6.07, 6.45) is 0.455. The van der Waals surface area contributed by atoms with Gasteiger partial charge in [0.05, 0.1) is 6.61 Å². The standard InChI is InChI=1S/C12H16FNO2/c1-3-9(2)8-16-12(15)14-11-6-4-10(13)5-7-11/h4-7,9H,3,8H2,1-2H3,(H,14,15). The number of nitrogens with one attached hydrogen (secondary N) is 1. The van der Waals surface area contributed by atoms with E-state index in [-0.39, 0.29) is 5.82 Å². The van der Waals surface area contributed by atoms with Crippen LogP contribution in [0.1, 0.15) is 20.3 Å². The highest BCUT2D eigenvalue weighted by atomic mass is 19.1. The van der Waals surface area contributed by atoms with E-state index < -0.39 is 6.09 Å². The fourth-order valence-corrected chi connectivity index (χ4v) is 1.02. The van der Waals surface area contributed by atoms with Crippen molar-refractivity contribution in [1.82, 2.24) is 0 Å². The van der Waals surface area contributed by atoms with Crippen molar-refractivity contribution in [2.45, 2.75) is 20.3 Å². The van der Waals surface area contributed by atoms with E-state index in [2.05, 4.69) is 5.32 Å². The minimum atomic E-state index is -0.507. The van der Waals surface area contributed by atoms with Crippen molar-refractivity contribution in [1.29, 1.82) is 0 Å². The molecule has 88 valence electrons. The van der Waals surface area contributed by atoms with Crippen LogP contribution in [0.4, 0.5) is 14.9 Å². The highest BCUT2D eigenvalue weighted by Crippen LogP contribution is 2.09. The quantitative estimate of drug-likeness (QED) is 0.852. The molecular weight excluding hydrogens is 209 g/mol. The first-order chi connectivity index (χ1) is 7.61. The minimum Gasteiger partial charge on any atom is -0.449 e. The summed E-state index contributed by atoms with van der Waals surface area (Å²) in [4.78, 5) is 11.3. The number of halogens is 1. The molecular formula is C12H16FNO2. The Hall–Kier alpha value is -1.58. The molecule has 3 nitrogen and oxygen atoms in total. The zero-order valence-electron chi connectivity index (χ0n) is 9.50. The Labute approximate surface area is 94.6 Å². The van der Waals surface area contributed by atoms with Crippen LogP contribution in [-0.2, 0) is 4.74 Å². The molecule has 0 bridgehead atoms. The number of anilines is 1. The van der Waals surface area contributed by atoms with Gasteiger partial charge in [-0.05, 0) is 30.2 Å². The lowest BCUT2D eigenvalue weighted by molar-refractivity contribution is 0.143. The molecule has 0 saturated heterocycles. The highest BCUT2D eigenvalue weighted by molar-refractivity contribution is 5.84. The Morgan fingerprint density at radius 1 is 1.44 bits per heavy atom. The molecule has 0 aromatic heterocycles. The average Bonchev–Trinajstić information content (AvgIpc) is 2.29. The number of benzene rings is 1. The number of carbonyl (C=O) groups is 1. The first-order valence-electron chi connectivity index (χ1n) is 5.31. The van der Waals surface area contributed by atoms with Gasteiger partial charge >= 0.3 is 6.09 Å². The van der Waals surface area contributed by atoms with Crippen molar-refractivity contribution < 1.29 is 13.9 Å². The van der Waals surface area contributed by atoms with Gasteiger partial charge in [-0.3, -0.25) is 5.32 Å². The van der Waals surface area contributed by atoms with E-state index in [1.54, 1.807) is 0 Å². The van der Waals surface area contributed by atoms with Gasteiger partial charge in [0.1, 0.15) is 5.82 Å². The summed E-state index contributed by atoms with van der Waals surface area (Å²) in [6, 6.07) is 5.54. The van der Waals surface area contributed by atoms with E-state index in [1.165, 1.54) is 24.3 Å². The number of hydrogen-bond acceptors (Lipinski definition) is 2. The first kappa shape index (κ1) is 12.5. The normalized spacial score (nSPS) is 11.9. The van der Waals surface area contributed by atoms with Crippen LogP contribution in [0.25, 0.3) is 0 Å². The molecule has 1 N–H and O–H groups in total. The van der Waals surface area contributed by atoms with Crippen LogP contribution in [0.3, 0.4) is 0 Å². The Morgan fingerprint density at radius 3 is 2.62 bits per heavy atom. The molecule has 0 aliphatic rings. The van der Waals surface area contributed by atoms with Crippen molar-refractivity contribution in [3.05, 3.63) is 30.1 Å². The lowest BCUT2D eigenvalue weighted by Crippen LogP contribution is -2.17. The van der Waals surface area contributed by atoms with E-state index in [0.717, 1.165) is 6.42 Å². The lowest BCUT2D eigenvalue weighted by atomic mass is 10.1. The maximum atomic E-state index is 12.6. The largest absolute Gasteiger partial charge is 0.449 e. The fraction of sp³-hybridized carbons (Fsp3) is 0.417. The third kappa shape index (κ3) is 4.29. The van der Waals surface area contributed by atoms with Gasteiger partial charge in [0, 0.05) is 5.69 Å². The van der Waals surface area contributed by atoms with Gasteiger partial charge in [-0.1, -0.05) is 20.3 Å². The molecule has 1 amide bonds. The van der Waals surface area contributed by atoms with Crippen molar-refractivity contribution in [3.63, 3.8) is 0 Å². The first-order valence-corrected chi connectivity index (χ1v) is 5.31. The maximum absolute atomic E-state index is 12.6. The molecule has 0 heterocycles. The second-order valence-electron chi connectivity index (χ2n) is 3.74. The van der Waals surface area contributed by atoms with Gasteiger partial charge in [-0.2, -0.15) is 0 Å². The van der Waals surface area contributed by atoms with Crippen molar-refractivity contribution in [2.75, 3.05) is 11.9 Å². The Kier molecular flexibility index (Phi) is 4.76. The third-order valence-electron chi connectivity index (χ3n) is 2.29. The molecule has 0 saturated carbocycles. The van der Waals surface area contributed by atoms with Crippen molar-refractivity contribution in [3.8, 4) is 0 Å². The van der Waals surface area contributed by atoms with Crippen LogP contribution >= 0.6 is 0 Å². The van der Waals surface area contributed by atoms with Crippen molar-refractivity contribution in [2.24, 2.45) is 5.92 Å².